The molecule has 3 rings (SSSR count). The Balaban J connectivity index is 1.62. The molecule has 0 aromatic heterocycles. The van der Waals surface area contributed by atoms with E-state index in [1.807, 2.05) is 24.3 Å². The van der Waals surface area contributed by atoms with Gasteiger partial charge in [0.05, 0.1) is 6.04 Å². The molecule has 0 fully saturated rings. The molecule has 0 bridgehead atoms. The van der Waals surface area contributed by atoms with Crippen molar-refractivity contribution in [1.82, 2.24) is 5.32 Å². The van der Waals surface area contributed by atoms with Crippen LogP contribution in [0.5, 0.6) is 0 Å². The number of halogens is 2. The highest BCUT2D eigenvalue weighted by Gasteiger charge is 2.22. The van der Waals surface area contributed by atoms with Crippen molar-refractivity contribution in [3.63, 3.8) is 0 Å². The zero-order valence-electron chi connectivity index (χ0n) is 12.5. The van der Waals surface area contributed by atoms with E-state index in [9.17, 15) is 9.18 Å². The third kappa shape index (κ3) is 4.36. The molecule has 2 aromatic carbocycles. The molecule has 5 heteroatoms. The summed E-state index contributed by atoms with van der Waals surface area (Å²) in [4.78, 5) is 13.3. The lowest BCUT2D eigenvalue weighted by molar-refractivity contribution is -0.121. The third-order valence-electron chi connectivity index (χ3n) is 3.88. The Bertz CT molecular complexity index is 722. The van der Waals surface area contributed by atoms with E-state index in [-0.39, 0.29) is 17.8 Å². The van der Waals surface area contributed by atoms with E-state index in [0.717, 1.165) is 32.7 Å². The first-order valence-electron chi connectivity index (χ1n) is 7.58. The largest absolute Gasteiger partial charge is 0.349 e. The summed E-state index contributed by atoms with van der Waals surface area (Å²) in [5, 5.41) is 3.06. The van der Waals surface area contributed by atoms with Crippen LogP contribution in [0.1, 0.15) is 30.0 Å². The molecule has 2 aromatic rings. The van der Waals surface area contributed by atoms with Crippen LogP contribution in [0.3, 0.4) is 0 Å². The van der Waals surface area contributed by atoms with Crippen LogP contribution in [0.4, 0.5) is 4.39 Å². The van der Waals surface area contributed by atoms with E-state index in [0.29, 0.717) is 12.8 Å². The molecule has 2 nitrogen and oxygen atoms in total. The number of fused-ring (bicyclic) bond motifs is 1. The van der Waals surface area contributed by atoms with Gasteiger partial charge in [-0.2, -0.15) is 0 Å². The summed E-state index contributed by atoms with van der Waals surface area (Å²) in [6.07, 6.45) is 1.97. The number of carbonyl (C=O) groups excluding carboxylic acids is 1. The number of hydrogen-bond donors (Lipinski definition) is 1. The molecule has 120 valence electrons. The van der Waals surface area contributed by atoms with E-state index < -0.39 is 0 Å². The van der Waals surface area contributed by atoms with Crippen LogP contribution in [0.15, 0.2) is 51.8 Å². The number of carbonyl (C=O) groups is 1. The number of amides is 1. The zero-order chi connectivity index (χ0) is 16.2. The molecule has 1 N–H and O–H groups in total. The number of benzene rings is 2. The first-order chi connectivity index (χ1) is 11.1. The second kappa shape index (κ2) is 7.49. The van der Waals surface area contributed by atoms with Gasteiger partial charge in [-0.3, -0.25) is 4.79 Å². The third-order valence-corrected chi connectivity index (χ3v) is 5.49. The minimum Gasteiger partial charge on any atom is -0.349 e. The van der Waals surface area contributed by atoms with Gasteiger partial charge in [-0.05, 0) is 54.3 Å². The monoisotopic (exact) mass is 393 g/mol. The molecule has 1 atom stereocenters. The summed E-state index contributed by atoms with van der Waals surface area (Å²) in [7, 11) is 0. The smallest absolute Gasteiger partial charge is 0.220 e. The van der Waals surface area contributed by atoms with Gasteiger partial charge in [0.2, 0.25) is 5.91 Å². The maximum absolute atomic E-state index is 13.5. The van der Waals surface area contributed by atoms with E-state index in [2.05, 4.69) is 21.2 Å². The van der Waals surface area contributed by atoms with Crippen molar-refractivity contribution in [3.05, 3.63) is 63.9 Å². The van der Waals surface area contributed by atoms with Crippen molar-refractivity contribution in [2.24, 2.45) is 0 Å². The average molecular weight is 394 g/mol. The fourth-order valence-electron chi connectivity index (χ4n) is 2.73. The van der Waals surface area contributed by atoms with Crippen molar-refractivity contribution in [1.29, 1.82) is 0 Å². The predicted molar refractivity (Wildman–Crippen MR) is 95.1 cm³/mol. The van der Waals surface area contributed by atoms with E-state index >= 15 is 0 Å². The van der Waals surface area contributed by atoms with Gasteiger partial charge in [0.15, 0.2) is 0 Å². The number of rotatable bonds is 4. The van der Waals surface area contributed by atoms with Crippen LogP contribution >= 0.6 is 27.7 Å². The second-order valence-electron chi connectivity index (χ2n) is 5.57. The highest BCUT2D eigenvalue weighted by atomic mass is 79.9. The van der Waals surface area contributed by atoms with Gasteiger partial charge < -0.3 is 5.32 Å². The minimum absolute atomic E-state index is 0.0112. The van der Waals surface area contributed by atoms with Crippen molar-refractivity contribution in [3.8, 4) is 0 Å². The molecule has 0 spiro atoms. The normalized spacial score (nSPS) is 16.7. The van der Waals surface area contributed by atoms with Crippen LogP contribution in [0.25, 0.3) is 0 Å². The number of thioether (sulfide) groups is 1. The van der Waals surface area contributed by atoms with Crippen LogP contribution in [0, 0.1) is 5.82 Å². The zero-order valence-corrected chi connectivity index (χ0v) is 14.9. The molecule has 0 saturated carbocycles. The van der Waals surface area contributed by atoms with Gasteiger partial charge in [0, 0.05) is 21.5 Å². The van der Waals surface area contributed by atoms with E-state index in [4.69, 9.17) is 0 Å². The molecular formula is C18H17BrFNOS. The van der Waals surface area contributed by atoms with Crippen LogP contribution in [-0.2, 0) is 11.2 Å². The summed E-state index contributed by atoms with van der Waals surface area (Å²) >= 11 is 5.15. The molecule has 0 saturated heterocycles. The SMILES string of the molecule is O=C(CCc1cccc(Br)c1)NC1CCSc2ccc(F)cc21. The van der Waals surface area contributed by atoms with E-state index in [1.54, 1.807) is 23.9 Å². The van der Waals surface area contributed by atoms with E-state index in [1.165, 1.54) is 6.07 Å². The molecule has 1 aliphatic rings. The van der Waals surface area contributed by atoms with Gasteiger partial charge in [-0.15, -0.1) is 11.8 Å². The van der Waals surface area contributed by atoms with Crippen LogP contribution in [-0.4, -0.2) is 11.7 Å². The van der Waals surface area contributed by atoms with Crippen LogP contribution < -0.4 is 5.32 Å². The lowest BCUT2D eigenvalue weighted by Crippen LogP contribution is -2.30. The molecule has 23 heavy (non-hydrogen) atoms. The van der Waals surface area contributed by atoms with Crippen LogP contribution in [0.2, 0.25) is 0 Å². The fourth-order valence-corrected chi connectivity index (χ4v) is 4.28. The lowest BCUT2D eigenvalue weighted by atomic mass is 10.0. The van der Waals surface area contributed by atoms with Crippen molar-refractivity contribution >= 4 is 33.6 Å². The summed E-state index contributed by atoms with van der Waals surface area (Å²) in [5.41, 5.74) is 2.03. The summed E-state index contributed by atoms with van der Waals surface area (Å²) in [6, 6.07) is 12.7. The highest BCUT2D eigenvalue weighted by Crippen LogP contribution is 2.36. The maximum atomic E-state index is 13.5. The minimum atomic E-state index is -0.250. The number of aryl methyl sites for hydroxylation is 1. The molecule has 0 radical (unpaired) electrons. The maximum Gasteiger partial charge on any atom is 0.220 e. The van der Waals surface area contributed by atoms with Gasteiger partial charge in [-0.25, -0.2) is 4.39 Å². The molecular weight excluding hydrogens is 377 g/mol. The summed E-state index contributed by atoms with van der Waals surface area (Å²) in [5.74, 6) is 0.701. The first kappa shape index (κ1) is 16.5. The van der Waals surface area contributed by atoms with Gasteiger partial charge >= 0.3 is 0 Å². The quantitative estimate of drug-likeness (QED) is 0.802. The predicted octanol–water partition coefficient (Wildman–Crippen LogP) is 4.87. The Morgan fingerprint density at radius 3 is 3.00 bits per heavy atom. The average Bonchev–Trinajstić information content (AvgIpc) is 2.54. The standard InChI is InChI=1S/C18H17BrFNOS/c19-13-3-1-2-12(10-13)4-7-18(22)21-16-8-9-23-17-6-5-14(20)11-15(16)17/h1-3,5-6,10-11,16H,4,7-9H2,(H,21,22). The Labute approximate surface area is 148 Å². The second-order valence-corrected chi connectivity index (χ2v) is 7.62. The molecule has 1 amide bonds. The molecule has 0 aliphatic carbocycles. The van der Waals surface area contributed by atoms with Crippen molar-refractivity contribution in [2.45, 2.75) is 30.2 Å². The number of nitrogens with one attached hydrogen (secondary N) is 1. The van der Waals surface area contributed by atoms with Crippen molar-refractivity contribution < 1.29 is 9.18 Å². The van der Waals surface area contributed by atoms with Gasteiger partial charge in [-0.1, -0.05) is 28.1 Å². The topological polar surface area (TPSA) is 29.1 Å². The Kier molecular flexibility index (Phi) is 5.38. The first-order valence-corrected chi connectivity index (χ1v) is 9.36. The Morgan fingerprint density at radius 2 is 2.17 bits per heavy atom. The summed E-state index contributed by atoms with van der Waals surface area (Å²) in [6.45, 7) is 0. The fraction of sp³-hybridized carbons (Fsp3) is 0.278. The number of hydrogen-bond acceptors (Lipinski definition) is 2. The molecule has 1 heterocycles. The highest BCUT2D eigenvalue weighted by molar-refractivity contribution is 9.10. The Hall–Kier alpha value is -1.33. The van der Waals surface area contributed by atoms with Gasteiger partial charge in [0.25, 0.3) is 0 Å². The summed E-state index contributed by atoms with van der Waals surface area (Å²) < 4.78 is 14.5. The van der Waals surface area contributed by atoms with Gasteiger partial charge in [0.1, 0.15) is 5.82 Å². The molecule has 1 aliphatic heterocycles. The lowest BCUT2D eigenvalue weighted by Gasteiger charge is -2.26. The Morgan fingerprint density at radius 1 is 1.30 bits per heavy atom. The van der Waals surface area contributed by atoms with Crippen molar-refractivity contribution in [2.75, 3.05) is 5.75 Å². The molecule has 1 unspecified atom stereocenters.